The first kappa shape index (κ1) is 38.2. The minimum absolute atomic E-state index is 0.120. The molecule has 3 aromatic carbocycles. The molecule has 1 aliphatic rings. The Bertz CT molecular complexity index is 1590. The molecule has 3 N–H and O–H groups in total. The molecule has 0 unspecified atom stereocenters. The van der Waals surface area contributed by atoms with Crippen molar-refractivity contribution in [3.8, 4) is 5.75 Å². The summed E-state index contributed by atoms with van der Waals surface area (Å²) in [6, 6.07) is 16.6. The summed E-state index contributed by atoms with van der Waals surface area (Å²) in [5.41, 5.74) is 0.460. The van der Waals surface area contributed by atoms with Crippen LogP contribution in [0.1, 0.15) is 66.3 Å². The van der Waals surface area contributed by atoms with E-state index in [1.54, 1.807) is 56.4 Å². The zero-order chi connectivity index (χ0) is 36.4. The number of nitrogens with one attached hydrogen (secondary N) is 2. The Morgan fingerprint density at radius 2 is 1.68 bits per heavy atom. The van der Waals surface area contributed by atoms with Crippen molar-refractivity contribution < 1.29 is 42.1 Å². The molecule has 10 nitrogen and oxygen atoms in total. The molecule has 0 saturated heterocycles. The second-order valence-electron chi connectivity index (χ2n) is 12.7. The highest BCUT2D eigenvalue weighted by Gasteiger charge is 2.32. The van der Waals surface area contributed by atoms with Gasteiger partial charge in [-0.1, -0.05) is 25.1 Å². The maximum atomic E-state index is 14.3. The van der Waals surface area contributed by atoms with Gasteiger partial charge < -0.3 is 35.0 Å². The number of hydrogen-bond acceptors (Lipinski definition) is 6. The van der Waals surface area contributed by atoms with Crippen molar-refractivity contribution in [2.45, 2.75) is 64.5 Å². The molecular weight excluding hydrogens is 653 g/mol. The van der Waals surface area contributed by atoms with Crippen molar-refractivity contribution in [1.29, 1.82) is 0 Å². The van der Waals surface area contributed by atoms with Crippen molar-refractivity contribution in [3.05, 3.63) is 89.5 Å². The number of hydrogen-bond donors (Lipinski definition) is 3. The highest BCUT2D eigenvalue weighted by molar-refractivity contribution is 6.05. The SMILES string of the molecule is C[C@@H]1CN([C@H](C)CO)C(=O)c2cc(NC(=O)c3ccccc3)ccc2O[C@@H](C)CCCCO[C@H]1CN(C)C(=O)Nc1ccc(C(F)(F)F)cc1. The van der Waals surface area contributed by atoms with E-state index in [0.29, 0.717) is 36.4 Å². The van der Waals surface area contributed by atoms with Crippen LogP contribution in [0.3, 0.4) is 0 Å². The lowest BCUT2D eigenvalue weighted by molar-refractivity contribution is -0.137. The van der Waals surface area contributed by atoms with Gasteiger partial charge in [0.25, 0.3) is 11.8 Å². The maximum absolute atomic E-state index is 14.3. The number of aliphatic hydroxyl groups is 1. The van der Waals surface area contributed by atoms with E-state index in [1.807, 2.05) is 19.9 Å². The summed E-state index contributed by atoms with van der Waals surface area (Å²) in [7, 11) is 1.56. The molecule has 0 bridgehead atoms. The van der Waals surface area contributed by atoms with E-state index < -0.39 is 35.8 Å². The summed E-state index contributed by atoms with van der Waals surface area (Å²) < 4.78 is 51.5. The Morgan fingerprint density at radius 3 is 2.34 bits per heavy atom. The topological polar surface area (TPSA) is 120 Å². The number of aliphatic hydroxyl groups excluding tert-OH is 1. The molecule has 1 heterocycles. The third-order valence-corrected chi connectivity index (χ3v) is 8.61. The number of fused-ring (bicyclic) bond motifs is 1. The molecule has 50 heavy (non-hydrogen) atoms. The lowest BCUT2D eigenvalue weighted by atomic mass is 10.0. The predicted octanol–water partition coefficient (Wildman–Crippen LogP) is 6.92. The van der Waals surface area contributed by atoms with Gasteiger partial charge in [0.2, 0.25) is 0 Å². The number of likely N-dealkylation sites (N-methyl/N-ethyl adjacent to an activating group) is 1. The van der Waals surface area contributed by atoms with E-state index in [-0.39, 0.29) is 48.9 Å². The first-order valence-corrected chi connectivity index (χ1v) is 16.7. The van der Waals surface area contributed by atoms with Crippen LogP contribution in [-0.2, 0) is 10.9 Å². The van der Waals surface area contributed by atoms with Gasteiger partial charge in [-0.25, -0.2) is 4.79 Å². The third kappa shape index (κ3) is 10.4. The molecule has 4 amide bonds. The van der Waals surface area contributed by atoms with Crippen LogP contribution in [0.4, 0.5) is 29.3 Å². The largest absolute Gasteiger partial charge is 0.490 e. The first-order chi connectivity index (χ1) is 23.8. The molecule has 13 heteroatoms. The van der Waals surface area contributed by atoms with E-state index in [4.69, 9.17) is 9.47 Å². The van der Waals surface area contributed by atoms with Crippen LogP contribution in [0.5, 0.6) is 5.75 Å². The van der Waals surface area contributed by atoms with Crippen molar-refractivity contribution in [3.63, 3.8) is 0 Å². The summed E-state index contributed by atoms with van der Waals surface area (Å²) in [6.07, 6.45) is -3.11. The molecule has 3 aromatic rings. The standard InChI is InChI=1S/C37H45F3N4O6/c1-24-21-44(25(2)23-45)35(47)31-20-30(41-34(46)27-11-6-5-7-12-27)17-18-32(31)50-26(3)10-8-9-19-49-33(24)22-43(4)36(48)42-29-15-13-28(14-16-29)37(38,39)40/h5-7,11-18,20,24-26,33,45H,8-10,19,21-23H2,1-4H3,(H,41,46)(H,42,48)/t24-,25-,26+,33+/m1/s1. The summed E-state index contributed by atoms with van der Waals surface area (Å²) in [4.78, 5) is 43.2. The zero-order valence-corrected chi connectivity index (χ0v) is 28.7. The fraction of sp³-hybridized carbons (Fsp3) is 0.432. The van der Waals surface area contributed by atoms with Gasteiger partial charge in [0.15, 0.2) is 0 Å². The Hall–Kier alpha value is -4.62. The number of carbonyl (C=O) groups excluding carboxylic acids is 3. The molecular formula is C37H45F3N4O6. The number of carbonyl (C=O) groups is 3. The Morgan fingerprint density at radius 1 is 1.00 bits per heavy atom. The van der Waals surface area contributed by atoms with Crippen LogP contribution in [0.2, 0.25) is 0 Å². The van der Waals surface area contributed by atoms with Gasteiger partial charge in [0.1, 0.15) is 5.75 Å². The van der Waals surface area contributed by atoms with Crippen LogP contribution in [0.25, 0.3) is 0 Å². The number of alkyl halides is 3. The Kier molecular flexibility index (Phi) is 13.3. The van der Waals surface area contributed by atoms with Crippen LogP contribution in [0.15, 0.2) is 72.8 Å². The fourth-order valence-corrected chi connectivity index (χ4v) is 5.57. The number of nitrogens with zero attached hydrogens (tertiary/aromatic N) is 2. The van der Waals surface area contributed by atoms with Crippen molar-refractivity contribution in [2.75, 3.05) is 44.0 Å². The summed E-state index contributed by atoms with van der Waals surface area (Å²) in [5.74, 6) is -0.733. The highest BCUT2D eigenvalue weighted by atomic mass is 19.4. The van der Waals surface area contributed by atoms with Gasteiger partial charge in [-0.05, 0) is 87.7 Å². The van der Waals surface area contributed by atoms with E-state index in [2.05, 4.69) is 10.6 Å². The fourth-order valence-electron chi connectivity index (χ4n) is 5.57. The van der Waals surface area contributed by atoms with Gasteiger partial charge in [0, 0.05) is 49.6 Å². The van der Waals surface area contributed by atoms with Crippen molar-refractivity contribution >= 4 is 29.2 Å². The number of ether oxygens (including phenoxy) is 2. The van der Waals surface area contributed by atoms with Crippen molar-refractivity contribution in [2.24, 2.45) is 5.92 Å². The number of amides is 4. The Labute approximate surface area is 290 Å². The lowest BCUT2D eigenvalue weighted by Gasteiger charge is -2.35. The molecule has 1 aliphatic heterocycles. The summed E-state index contributed by atoms with van der Waals surface area (Å²) in [6.45, 7) is 5.85. The highest BCUT2D eigenvalue weighted by Crippen LogP contribution is 2.31. The van der Waals surface area contributed by atoms with Gasteiger partial charge in [0.05, 0.1) is 36.0 Å². The summed E-state index contributed by atoms with van der Waals surface area (Å²) in [5, 5.41) is 15.7. The van der Waals surface area contributed by atoms with Gasteiger partial charge in [-0.3, -0.25) is 9.59 Å². The molecule has 0 aromatic heterocycles. The minimum Gasteiger partial charge on any atom is -0.490 e. The van der Waals surface area contributed by atoms with Gasteiger partial charge in [-0.15, -0.1) is 0 Å². The normalized spacial score (nSPS) is 19.7. The van der Waals surface area contributed by atoms with E-state index in [9.17, 15) is 32.7 Å². The Balaban J connectivity index is 1.57. The summed E-state index contributed by atoms with van der Waals surface area (Å²) >= 11 is 0. The average molecular weight is 699 g/mol. The number of halogens is 3. The van der Waals surface area contributed by atoms with Crippen molar-refractivity contribution in [1.82, 2.24) is 9.80 Å². The number of anilines is 2. The molecule has 0 aliphatic carbocycles. The van der Waals surface area contributed by atoms with Gasteiger partial charge in [-0.2, -0.15) is 13.2 Å². The number of rotatable bonds is 7. The van der Waals surface area contributed by atoms with Crippen LogP contribution in [0, 0.1) is 5.92 Å². The van der Waals surface area contributed by atoms with Gasteiger partial charge >= 0.3 is 12.2 Å². The average Bonchev–Trinajstić information content (AvgIpc) is 3.09. The van der Waals surface area contributed by atoms with Crippen LogP contribution in [-0.4, -0.2) is 84.4 Å². The quantitative estimate of drug-likeness (QED) is 0.247. The maximum Gasteiger partial charge on any atom is 0.416 e. The van der Waals surface area contributed by atoms with E-state index in [1.165, 1.54) is 21.9 Å². The molecule has 4 rings (SSSR count). The molecule has 0 radical (unpaired) electrons. The molecule has 270 valence electrons. The van der Waals surface area contributed by atoms with Crippen LogP contribution >= 0.6 is 0 Å². The molecule has 0 spiro atoms. The first-order valence-electron chi connectivity index (χ1n) is 16.7. The second-order valence-corrected chi connectivity index (χ2v) is 12.7. The third-order valence-electron chi connectivity index (χ3n) is 8.61. The van der Waals surface area contributed by atoms with E-state index >= 15 is 0 Å². The lowest BCUT2D eigenvalue weighted by Crippen LogP contribution is -2.48. The molecule has 0 fully saturated rings. The molecule has 4 atom stereocenters. The predicted molar refractivity (Wildman–Crippen MR) is 184 cm³/mol. The monoisotopic (exact) mass is 698 g/mol. The number of urea groups is 1. The minimum atomic E-state index is -4.49. The van der Waals surface area contributed by atoms with Crippen LogP contribution < -0.4 is 15.4 Å². The van der Waals surface area contributed by atoms with E-state index in [0.717, 1.165) is 18.6 Å². The molecule has 0 saturated carbocycles. The smallest absolute Gasteiger partial charge is 0.416 e. The second kappa shape index (κ2) is 17.3. The number of benzene rings is 3. The zero-order valence-electron chi connectivity index (χ0n) is 28.7.